The van der Waals surface area contributed by atoms with Gasteiger partial charge < -0.3 is 15.4 Å². The number of anilines is 1. The summed E-state index contributed by atoms with van der Waals surface area (Å²) in [7, 11) is 0. The number of halogens is 1. The molecule has 1 aliphatic heterocycles. The van der Waals surface area contributed by atoms with Gasteiger partial charge in [-0.25, -0.2) is 9.97 Å². The van der Waals surface area contributed by atoms with Gasteiger partial charge in [-0.2, -0.15) is 0 Å². The van der Waals surface area contributed by atoms with Crippen molar-refractivity contribution in [3.63, 3.8) is 0 Å². The van der Waals surface area contributed by atoms with Crippen LogP contribution in [0.1, 0.15) is 19.3 Å². The van der Waals surface area contributed by atoms with E-state index < -0.39 is 0 Å². The van der Waals surface area contributed by atoms with Crippen LogP contribution < -0.4 is 10.6 Å². The lowest BCUT2D eigenvalue weighted by Gasteiger charge is -2.33. The monoisotopic (exact) mass is 362 g/mol. The van der Waals surface area contributed by atoms with E-state index >= 15 is 0 Å². The average Bonchev–Trinajstić information content (AvgIpc) is 2.41. The molecule has 2 rings (SSSR count). The summed E-state index contributed by atoms with van der Waals surface area (Å²) in [4.78, 5) is 10.7. The fourth-order valence-corrected chi connectivity index (χ4v) is 2.75. The normalized spacial score (nSPS) is 17.1. The zero-order valence-corrected chi connectivity index (χ0v) is 12.5. The summed E-state index contributed by atoms with van der Waals surface area (Å²) < 4.78 is 6.91. The predicted octanol–water partition coefficient (Wildman–Crippen LogP) is 1.42. The highest BCUT2D eigenvalue weighted by Gasteiger charge is 2.21. The molecule has 0 aromatic carbocycles. The average molecular weight is 362 g/mol. The van der Waals surface area contributed by atoms with E-state index in [4.69, 9.17) is 10.5 Å². The largest absolute Gasteiger partial charge is 0.378 e. The number of hydrogen-bond donors (Lipinski definition) is 1. The highest BCUT2D eigenvalue weighted by molar-refractivity contribution is 14.1. The second kappa shape index (κ2) is 7.20. The van der Waals surface area contributed by atoms with Crippen molar-refractivity contribution in [2.75, 3.05) is 31.1 Å². The molecule has 1 aromatic heterocycles. The lowest BCUT2D eigenvalue weighted by molar-refractivity contribution is 0.0365. The standard InChI is InChI=1S/C12H19IN4O/c13-11-8-15-9-16-12(11)17-5-2-10(3-6-17)18-7-1-4-14/h8-10H,1-7,14H2. The number of nitrogens with zero attached hydrogens (tertiary/aromatic N) is 3. The summed E-state index contributed by atoms with van der Waals surface area (Å²) >= 11 is 2.28. The molecule has 0 spiro atoms. The first-order valence-corrected chi connectivity index (χ1v) is 7.41. The number of hydrogen-bond acceptors (Lipinski definition) is 5. The van der Waals surface area contributed by atoms with Gasteiger partial charge in [0, 0.05) is 25.9 Å². The summed E-state index contributed by atoms with van der Waals surface area (Å²) in [6.45, 7) is 3.49. The molecule has 0 aliphatic carbocycles. The van der Waals surface area contributed by atoms with Gasteiger partial charge in [0.2, 0.25) is 0 Å². The van der Waals surface area contributed by atoms with Crippen molar-refractivity contribution >= 4 is 28.4 Å². The van der Waals surface area contributed by atoms with Crippen LogP contribution in [0.2, 0.25) is 0 Å². The van der Waals surface area contributed by atoms with Crippen molar-refractivity contribution in [3.05, 3.63) is 16.1 Å². The maximum Gasteiger partial charge on any atom is 0.145 e. The molecule has 0 atom stereocenters. The Kier molecular flexibility index (Phi) is 5.58. The molecule has 1 aromatic rings. The fourth-order valence-electron chi connectivity index (χ4n) is 2.11. The van der Waals surface area contributed by atoms with E-state index in [0.29, 0.717) is 12.6 Å². The Morgan fingerprint density at radius 1 is 1.44 bits per heavy atom. The van der Waals surface area contributed by atoms with Gasteiger partial charge in [0.1, 0.15) is 12.1 Å². The Morgan fingerprint density at radius 2 is 2.22 bits per heavy atom. The highest BCUT2D eigenvalue weighted by atomic mass is 127. The van der Waals surface area contributed by atoms with Crippen molar-refractivity contribution in [2.24, 2.45) is 5.73 Å². The molecule has 0 radical (unpaired) electrons. The Hall–Kier alpha value is -0.470. The number of nitrogens with two attached hydrogens (primary N) is 1. The van der Waals surface area contributed by atoms with Gasteiger partial charge in [-0.1, -0.05) is 0 Å². The molecule has 5 nitrogen and oxygen atoms in total. The third-order valence-corrected chi connectivity index (χ3v) is 3.85. The van der Waals surface area contributed by atoms with Crippen LogP contribution >= 0.6 is 22.6 Å². The predicted molar refractivity (Wildman–Crippen MR) is 79.6 cm³/mol. The number of piperidine rings is 1. The number of rotatable bonds is 5. The molecular formula is C12H19IN4O. The van der Waals surface area contributed by atoms with Gasteiger partial charge in [0.05, 0.1) is 9.67 Å². The van der Waals surface area contributed by atoms with Crippen LogP contribution in [0.4, 0.5) is 5.82 Å². The maximum atomic E-state index is 5.80. The van der Waals surface area contributed by atoms with Crippen LogP contribution in [0.5, 0.6) is 0 Å². The second-order valence-corrected chi connectivity index (χ2v) is 5.56. The molecule has 1 aliphatic rings. The molecule has 0 unspecified atom stereocenters. The SMILES string of the molecule is NCCCOC1CCN(c2ncncc2I)CC1. The molecule has 6 heteroatoms. The minimum absolute atomic E-state index is 0.382. The fraction of sp³-hybridized carbons (Fsp3) is 0.667. The van der Waals surface area contributed by atoms with E-state index in [1.807, 2.05) is 6.20 Å². The minimum Gasteiger partial charge on any atom is -0.378 e. The zero-order valence-electron chi connectivity index (χ0n) is 10.4. The Bertz CT molecular complexity index is 369. The molecule has 2 heterocycles. The maximum absolute atomic E-state index is 5.80. The van der Waals surface area contributed by atoms with Crippen LogP contribution in [-0.4, -0.2) is 42.3 Å². The third kappa shape index (κ3) is 3.76. The first-order valence-electron chi connectivity index (χ1n) is 6.33. The summed E-state index contributed by atoms with van der Waals surface area (Å²) in [6.07, 6.45) is 6.92. The van der Waals surface area contributed by atoms with Crippen molar-refractivity contribution in [1.82, 2.24) is 9.97 Å². The van der Waals surface area contributed by atoms with Crippen molar-refractivity contribution < 1.29 is 4.74 Å². The lowest BCUT2D eigenvalue weighted by atomic mass is 10.1. The van der Waals surface area contributed by atoms with Crippen LogP contribution in [-0.2, 0) is 4.74 Å². The van der Waals surface area contributed by atoms with Gasteiger partial charge >= 0.3 is 0 Å². The molecule has 2 N–H and O–H groups in total. The van der Waals surface area contributed by atoms with E-state index in [-0.39, 0.29) is 0 Å². The molecule has 18 heavy (non-hydrogen) atoms. The quantitative estimate of drug-likeness (QED) is 0.634. The van der Waals surface area contributed by atoms with E-state index in [0.717, 1.165) is 48.3 Å². The van der Waals surface area contributed by atoms with Crippen LogP contribution in [0, 0.1) is 3.57 Å². The molecule has 0 amide bonds. The molecule has 0 saturated carbocycles. The Morgan fingerprint density at radius 3 is 2.89 bits per heavy atom. The zero-order chi connectivity index (χ0) is 12.8. The van der Waals surface area contributed by atoms with Crippen LogP contribution in [0.15, 0.2) is 12.5 Å². The van der Waals surface area contributed by atoms with Crippen molar-refractivity contribution in [3.8, 4) is 0 Å². The summed E-state index contributed by atoms with van der Waals surface area (Å²) in [6, 6.07) is 0. The van der Waals surface area contributed by atoms with Crippen LogP contribution in [0.25, 0.3) is 0 Å². The van der Waals surface area contributed by atoms with Gasteiger partial charge in [0.25, 0.3) is 0 Å². The van der Waals surface area contributed by atoms with Gasteiger partial charge in [-0.15, -0.1) is 0 Å². The lowest BCUT2D eigenvalue weighted by Crippen LogP contribution is -2.38. The molecular weight excluding hydrogens is 343 g/mol. The summed E-state index contributed by atoms with van der Waals surface area (Å²) in [5, 5.41) is 0. The first kappa shape index (κ1) is 14.0. The Balaban J connectivity index is 1.81. The Labute approximate surface area is 121 Å². The molecule has 1 fully saturated rings. The third-order valence-electron chi connectivity index (χ3n) is 3.09. The van der Waals surface area contributed by atoms with E-state index in [2.05, 4.69) is 37.5 Å². The highest BCUT2D eigenvalue weighted by Crippen LogP contribution is 2.23. The summed E-state index contributed by atoms with van der Waals surface area (Å²) in [5.74, 6) is 1.05. The summed E-state index contributed by atoms with van der Waals surface area (Å²) in [5.41, 5.74) is 5.46. The van der Waals surface area contributed by atoms with Gasteiger partial charge in [0.15, 0.2) is 0 Å². The topological polar surface area (TPSA) is 64.3 Å². The van der Waals surface area contributed by atoms with E-state index in [1.54, 1.807) is 6.33 Å². The smallest absolute Gasteiger partial charge is 0.145 e. The minimum atomic E-state index is 0.382. The number of aromatic nitrogens is 2. The van der Waals surface area contributed by atoms with E-state index in [1.165, 1.54) is 0 Å². The molecule has 0 bridgehead atoms. The van der Waals surface area contributed by atoms with Crippen molar-refractivity contribution in [2.45, 2.75) is 25.4 Å². The molecule has 100 valence electrons. The first-order chi connectivity index (χ1) is 8.81. The van der Waals surface area contributed by atoms with E-state index in [9.17, 15) is 0 Å². The molecule has 1 saturated heterocycles. The van der Waals surface area contributed by atoms with Crippen molar-refractivity contribution in [1.29, 1.82) is 0 Å². The second-order valence-electron chi connectivity index (χ2n) is 4.39. The van der Waals surface area contributed by atoms with Gasteiger partial charge in [-0.05, 0) is 48.4 Å². The van der Waals surface area contributed by atoms with Crippen LogP contribution in [0.3, 0.4) is 0 Å². The number of ether oxygens (including phenoxy) is 1. The van der Waals surface area contributed by atoms with Gasteiger partial charge in [-0.3, -0.25) is 0 Å².